The van der Waals surface area contributed by atoms with E-state index in [9.17, 15) is 14.9 Å². The van der Waals surface area contributed by atoms with Crippen LogP contribution in [0.15, 0.2) is 18.2 Å². The lowest BCUT2D eigenvalue weighted by Crippen LogP contribution is -2.15. The highest BCUT2D eigenvalue weighted by atomic mass is 16.6. The number of H-pyrrole nitrogens is 1. The molecule has 1 heterocycles. The predicted octanol–water partition coefficient (Wildman–Crippen LogP) is 2.29. The average Bonchev–Trinajstić information content (AvgIpc) is 2.91. The van der Waals surface area contributed by atoms with Crippen LogP contribution in [0.3, 0.4) is 0 Å². The Morgan fingerprint density at radius 2 is 2.22 bits per heavy atom. The van der Waals surface area contributed by atoms with Crippen molar-refractivity contribution < 1.29 is 19.2 Å². The number of ether oxygens (including phenoxy) is 2. The Morgan fingerprint density at radius 1 is 1.48 bits per heavy atom. The molecular formula is C14H16N4O5. The van der Waals surface area contributed by atoms with Crippen molar-refractivity contribution in [1.29, 1.82) is 0 Å². The Balaban J connectivity index is 2.35. The second-order valence-electron chi connectivity index (χ2n) is 4.55. The van der Waals surface area contributed by atoms with Crippen molar-refractivity contribution in [3.63, 3.8) is 0 Å². The molecule has 122 valence electrons. The SMILES string of the molecule is CCOc1ccc(OC)cc1NC(=O)c1n[nH]c(C)c1[N+](=O)[O-]. The number of nitro groups is 1. The smallest absolute Gasteiger partial charge is 0.322 e. The van der Waals surface area contributed by atoms with Crippen molar-refractivity contribution >= 4 is 17.3 Å². The van der Waals surface area contributed by atoms with Gasteiger partial charge < -0.3 is 14.8 Å². The maximum absolute atomic E-state index is 12.3. The number of aromatic nitrogens is 2. The summed E-state index contributed by atoms with van der Waals surface area (Å²) in [5.74, 6) is 0.225. The van der Waals surface area contributed by atoms with Gasteiger partial charge in [-0.05, 0) is 26.0 Å². The third kappa shape index (κ3) is 3.39. The lowest BCUT2D eigenvalue weighted by Gasteiger charge is -2.12. The standard InChI is InChI=1S/C14H16N4O5/c1-4-23-11-6-5-9(22-3)7-10(11)15-14(19)12-13(18(20)21)8(2)16-17-12/h5-7H,4H2,1-3H3,(H,15,19)(H,16,17). The number of carbonyl (C=O) groups excluding carboxylic acids is 1. The maximum atomic E-state index is 12.3. The Kier molecular flexibility index (Phi) is 4.79. The number of anilines is 1. The lowest BCUT2D eigenvalue weighted by atomic mass is 10.2. The molecule has 9 heteroatoms. The normalized spacial score (nSPS) is 10.2. The van der Waals surface area contributed by atoms with Gasteiger partial charge in [0.15, 0.2) is 0 Å². The van der Waals surface area contributed by atoms with Crippen molar-refractivity contribution in [3.05, 3.63) is 39.7 Å². The molecule has 0 aliphatic carbocycles. The van der Waals surface area contributed by atoms with Crippen LogP contribution in [0.4, 0.5) is 11.4 Å². The number of rotatable bonds is 6. The zero-order chi connectivity index (χ0) is 17.0. The summed E-state index contributed by atoms with van der Waals surface area (Å²) in [7, 11) is 1.49. The van der Waals surface area contributed by atoms with Crippen LogP contribution in [-0.2, 0) is 0 Å². The molecule has 2 aromatic rings. The van der Waals surface area contributed by atoms with E-state index in [1.807, 2.05) is 0 Å². The molecule has 0 fully saturated rings. The fourth-order valence-corrected chi connectivity index (χ4v) is 2.00. The summed E-state index contributed by atoms with van der Waals surface area (Å²) in [4.78, 5) is 22.7. The molecule has 1 aromatic heterocycles. The molecule has 9 nitrogen and oxygen atoms in total. The lowest BCUT2D eigenvalue weighted by molar-refractivity contribution is -0.385. The Hall–Kier alpha value is -3.10. The van der Waals surface area contributed by atoms with Crippen LogP contribution >= 0.6 is 0 Å². The monoisotopic (exact) mass is 320 g/mol. The molecule has 1 aromatic carbocycles. The van der Waals surface area contributed by atoms with E-state index in [1.54, 1.807) is 25.1 Å². The van der Waals surface area contributed by atoms with Crippen molar-refractivity contribution in [3.8, 4) is 11.5 Å². The van der Waals surface area contributed by atoms with Crippen molar-refractivity contribution in [1.82, 2.24) is 10.2 Å². The van der Waals surface area contributed by atoms with Gasteiger partial charge in [0.2, 0.25) is 5.69 Å². The predicted molar refractivity (Wildman–Crippen MR) is 82.1 cm³/mol. The number of nitrogens with zero attached hydrogens (tertiary/aromatic N) is 2. The van der Waals surface area contributed by atoms with Crippen LogP contribution in [0.1, 0.15) is 23.1 Å². The van der Waals surface area contributed by atoms with Gasteiger partial charge in [-0.3, -0.25) is 20.0 Å². The summed E-state index contributed by atoms with van der Waals surface area (Å²) in [5, 5.41) is 19.8. The summed E-state index contributed by atoms with van der Waals surface area (Å²) in [5.41, 5.74) is -0.108. The first-order valence-electron chi connectivity index (χ1n) is 6.79. The number of aromatic amines is 1. The van der Waals surface area contributed by atoms with Crippen LogP contribution in [-0.4, -0.2) is 34.7 Å². The van der Waals surface area contributed by atoms with Crippen LogP contribution in [0.2, 0.25) is 0 Å². The van der Waals surface area contributed by atoms with Gasteiger partial charge in [0.25, 0.3) is 5.91 Å². The van der Waals surface area contributed by atoms with Gasteiger partial charge in [0.05, 0.1) is 24.3 Å². The zero-order valence-electron chi connectivity index (χ0n) is 12.9. The number of aryl methyl sites for hydroxylation is 1. The summed E-state index contributed by atoms with van der Waals surface area (Å²) in [6, 6.07) is 4.89. The van der Waals surface area contributed by atoms with Gasteiger partial charge in [0, 0.05) is 6.07 Å². The number of methoxy groups -OCH3 is 1. The molecular weight excluding hydrogens is 304 g/mol. The minimum Gasteiger partial charge on any atom is -0.497 e. The fraction of sp³-hybridized carbons (Fsp3) is 0.286. The molecule has 0 bridgehead atoms. The molecule has 2 N–H and O–H groups in total. The molecule has 23 heavy (non-hydrogen) atoms. The average molecular weight is 320 g/mol. The molecule has 0 saturated heterocycles. The Bertz CT molecular complexity index is 741. The fourth-order valence-electron chi connectivity index (χ4n) is 2.00. The van der Waals surface area contributed by atoms with Gasteiger partial charge in [-0.15, -0.1) is 0 Å². The number of nitrogens with one attached hydrogen (secondary N) is 2. The van der Waals surface area contributed by atoms with Crippen LogP contribution in [0, 0.1) is 17.0 Å². The highest BCUT2D eigenvalue weighted by Crippen LogP contribution is 2.30. The van der Waals surface area contributed by atoms with Gasteiger partial charge in [-0.1, -0.05) is 0 Å². The third-order valence-electron chi connectivity index (χ3n) is 3.05. The number of amides is 1. The highest BCUT2D eigenvalue weighted by Gasteiger charge is 2.27. The number of hydrogen-bond acceptors (Lipinski definition) is 6. The molecule has 0 atom stereocenters. The minimum absolute atomic E-state index is 0.204. The van der Waals surface area contributed by atoms with Crippen molar-refractivity contribution in [2.75, 3.05) is 19.0 Å². The number of hydrogen-bond donors (Lipinski definition) is 2. The van der Waals surface area contributed by atoms with E-state index in [4.69, 9.17) is 9.47 Å². The van der Waals surface area contributed by atoms with Crippen LogP contribution in [0.25, 0.3) is 0 Å². The molecule has 0 aliphatic rings. The summed E-state index contributed by atoms with van der Waals surface area (Å²) in [6.45, 7) is 3.67. The molecule has 1 amide bonds. The van der Waals surface area contributed by atoms with E-state index < -0.39 is 10.8 Å². The zero-order valence-corrected chi connectivity index (χ0v) is 12.9. The quantitative estimate of drug-likeness (QED) is 0.622. The summed E-state index contributed by atoms with van der Waals surface area (Å²) >= 11 is 0. The molecule has 2 rings (SSSR count). The first-order chi connectivity index (χ1) is 11.0. The van der Waals surface area contributed by atoms with E-state index in [0.29, 0.717) is 23.8 Å². The third-order valence-corrected chi connectivity index (χ3v) is 3.05. The highest BCUT2D eigenvalue weighted by molar-refractivity contribution is 6.06. The summed E-state index contributed by atoms with van der Waals surface area (Å²) in [6.07, 6.45) is 0. The van der Waals surface area contributed by atoms with E-state index in [-0.39, 0.29) is 17.1 Å². The molecule has 0 aliphatic heterocycles. The van der Waals surface area contributed by atoms with E-state index >= 15 is 0 Å². The molecule has 0 unspecified atom stereocenters. The second kappa shape index (κ2) is 6.77. The largest absolute Gasteiger partial charge is 0.497 e. The second-order valence-corrected chi connectivity index (χ2v) is 4.55. The van der Waals surface area contributed by atoms with E-state index in [1.165, 1.54) is 14.0 Å². The van der Waals surface area contributed by atoms with Gasteiger partial charge in [-0.25, -0.2) is 0 Å². The number of benzene rings is 1. The van der Waals surface area contributed by atoms with Crippen LogP contribution < -0.4 is 14.8 Å². The minimum atomic E-state index is -0.713. The van der Waals surface area contributed by atoms with Gasteiger partial charge >= 0.3 is 5.69 Å². The van der Waals surface area contributed by atoms with E-state index in [2.05, 4.69) is 15.5 Å². The first-order valence-corrected chi connectivity index (χ1v) is 6.79. The molecule has 0 spiro atoms. The van der Waals surface area contributed by atoms with Gasteiger partial charge in [0.1, 0.15) is 17.2 Å². The number of carbonyl (C=O) groups is 1. The topological polar surface area (TPSA) is 119 Å². The van der Waals surface area contributed by atoms with Gasteiger partial charge in [-0.2, -0.15) is 5.10 Å². The Morgan fingerprint density at radius 3 is 2.83 bits per heavy atom. The van der Waals surface area contributed by atoms with Crippen molar-refractivity contribution in [2.45, 2.75) is 13.8 Å². The van der Waals surface area contributed by atoms with Crippen LogP contribution in [0.5, 0.6) is 11.5 Å². The summed E-state index contributed by atoms with van der Waals surface area (Å²) < 4.78 is 10.5. The van der Waals surface area contributed by atoms with Crippen molar-refractivity contribution in [2.24, 2.45) is 0 Å². The maximum Gasteiger partial charge on any atom is 0.322 e. The van der Waals surface area contributed by atoms with E-state index in [0.717, 1.165) is 0 Å². The molecule has 0 saturated carbocycles. The Labute approximate surface area is 131 Å². The molecule has 0 radical (unpaired) electrons. The first kappa shape index (κ1) is 16.3.